The molecule has 0 aliphatic carbocycles. The molecule has 4 heteroatoms. The van der Waals surface area contributed by atoms with E-state index in [9.17, 15) is 4.79 Å². The van der Waals surface area contributed by atoms with Gasteiger partial charge >= 0.3 is 0 Å². The Hall–Kier alpha value is -2.23. The number of nitrogens with zero attached hydrogens (tertiary/aromatic N) is 2. The zero-order valence-corrected chi connectivity index (χ0v) is 12.7. The van der Waals surface area contributed by atoms with Gasteiger partial charge in [-0.3, -0.25) is 4.79 Å². The molecule has 2 N–H and O–H groups in total. The minimum absolute atomic E-state index is 0.0258. The molecule has 1 aliphatic heterocycles. The molecule has 0 bridgehead atoms. The van der Waals surface area contributed by atoms with Crippen molar-refractivity contribution in [2.75, 3.05) is 10.6 Å². The summed E-state index contributed by atoms with van der Waals surface area (Å²) in [5, 5.41) is 0. The van der Waals surface area contributed by atoms with E-state index in [4.69, 9.17) is 5.73 Å². The van der Waals surface area contributed by atoms with Crippen LogP contribution in [0.15, 0.2) is 36.5 Å². The second-order valence-corrected chi connectivity index (χ2v) is 6.02. The van der Waals surface area contributed by atoms with Crippen molar-refractivity contribution in [3.8, 4) is 0 Å². The molecule has 1 unspecified atom stereocenters. The maximum absolute atomic E-state index is 13.0. The SMILES string of the molecule is CC1Cc2ccccc2N1C(=O)c1cc(N)cn1C(C)C. The fraction of sp³-hybridized carbons (Fsp3) is 0.353. The number of fused-ring (bicyclic) bond motifs is 1. The Labute approximate surface area is 125 Å². The number of nitrogen functional groups attached to an aromatic ring is 1. The van der Waals surface area contributed by atoms with Crippen molar-refractivity contribution < 1.29 is 4.79 Å². The number of amides is 1. The molecular weight excluding hydrogens is 262 g/mol. The Morgan fingerprint density at radius 2 is 2.05 bits per heavy atom. The summed E-state index contributed by atoms with van der Waals surface area (Å²) in [6.07, 6.45) is 2.74. The highest BCUT2D eigenvalue weighted by molar-refractivity contribution is 6.07. The smallest absolute Gasteiger partial charge is 0.275 e. The maximum atomic E-state index is 13.0. The van der Waals surface area contributed by atoms with Gasteiger partial charge in [-0.1, -0.05) is 18.2 Å². The minimum Gasteiger partial charge on any atom is -0.397 e. The highest BCUT2D eigenvalue weighted by atomic mass is 16.2. The predicted molar refractivity (Wildman–Crippen MR) is 85.6 cm³/mol. The average molecular weight is 283 g/mol. The van der Waals surface area contributed by atoms with Crippen molar-refractivity contribution in [3.05, 3.63) is 47.8 Å². The van der Waals surface area contributed by atoms with Gasteiger partial charge in [0.15, 0.2) is 0 Å². The summed E-state index contributed by atoms with van der Waals surface area (Å²) in [6, 6.07) is 10.3. The molecule has 2 heterocycles. The van der Waals surface area contributed by atoms with Gasteiger partial charge in [-0.25, -0.2) is 0 Å². The maximum Gasteiger partial charge on any atom is 0.275 e. The third-order valence-electron chi connectivity index (χ3n) is 4.07. The lowest BCUT2D eigenvalue weighted by molar-refractivity contribution is 0.0971. The first-order valence-corrected chi connectivity index (χ1v) is 7.38. The fourth-order valence-corrected chi connectivity index (χ4v) is 3.10. The van der Waals surface area contributed by atoms with Crippen LogP contribution in [0.1, 0.15) is 42.9 Å². The van der Waals surface area contributed by atoms with Crippen molar-refractivity contribution >= 4 is 17.3 Å². The first-order chi connectivity index (χ1) is 9.99. The van der Waals surface area contributed by atoms with Crippen molar-refractivity contribution in [1.82, 2.24) is 4.57 Å². The third kappa shape index (κ3) is 2.20. The standard InChI is InChI=1S/C17H21N3O/c1-11(2)19-10-14(18)9-16(19)17(21)20-12(3)8-13-6-4-5-7-15(13)20/h4-7,9-12H,8,18H2,1-3H3. The lowest BCUT2D eigenvalue weighted by Crippen LogP contribution is -2.37. The molecule has 110 valence electrons. The van der Waals surface area contributed by atoms with Crippen molar-refractivity contribution in [2.24, 2.45) is 0 Å². The predicted octanol–water partition coefficient (Wildman–Crippen LogP) is 3.24. The molecule has 0 radical (unpaired) electrons. The zero-order chi connectivity index (χ0) is 15.1. The molecule has 1 atom stereocenters. The fourth-order valence-electron chi connectivity index (χ4n) is 3.10. The number of para-hydroxylation sites is 1. The average Bonchev–Trinajstić information content (AvgIpc) is 2.97. The van der Waals surface area contributed by atoms with Crippen LogP contribution in [0.25, 0.3) is 0 Å². The summed E-state index contributed by atoms with van der Waals surface area (Å²) in [4.78, 5) is 14.9. The van der Waals surface area contributed by atoms with E-state index in [2.05, 4.69) is 26.8 Å². The van der Waals surface area contributed by atoms with Gasteiger partial charge in [-0.05, 0) is 44.9 Å². The van der Waals surface area contributed by atoms with E-state index < -0.39 is 0 Å². The van der Waals surface area contributed by atoms with Gasteiger partial charge in [0.1, 0.15) is 5.69 Å². The summed E-state index contributed by atoms with van der Waals surface area (Å²) in [5.41, 5.74) is 9.43. The molecule has 0 spiro atoms. The molecular formula is C17H21N3O. The van der Waals surface area contributed by atoms with Gasteiger partial charge in [-0.15, -0.1) is 0 Å². The van der Waals surface area contributed by atoms with Gasteiger partial charge in [0, 0.05) is 24.0 Å². The minimum atomic E-state index is 0.0258. The normalized spacial score (nSPS) is 17.3. The van der Waals surface area contributed by atoms with E-state index in [-0.39, 0.29) is 18.0 Å². The lowest BCUT2D eigenvalue weighted by Gasteiger charge is -2.24. The molecule has 1 aliphatic rings. The number of rotatable bonds is 2. The topological polar surface area (TPSA) is 51.3 Å². The number of carbonyl (C=O) groups excluding carboxylic acids is 1. The second kappa shape index (κ2) is 4.95. The van der Waals surface area contributed by atoms with E-state index in [1.807, 2.05) is 33.9 Å². The molecule has 4 nitrogen and oxygen atoms in total. The first-order valence-electron chi connectivity index (χ1n) is 7.38. The molecule has 0 fully saturated rings. The van der Waals surface area contributed by atoms with Crippen LogP contribution in [0, 0.1) is 0 Å². The Bertz CT molecular complexity index is 687. The zero-order valence-electron chi connectivity index (χ0n) is 12.7. The molecule has 1 aromatic carbocycles. The molecule has 1 amide bonds. The summed E-state index contributed by atoms with van der Waals surface area (Å²) < 4.78 is 1.95. The summed E-state index contributed by atoms with van der Waals surface area (Å²) in [5.74, 6) is 0.0258. The van der Waals surface area contributed by atoms with Crippen LogP contribution in [0.4, 0.5) is 11.4 Å². The second-order valence-electron chi connectivity index (χ2n) is 6.02. The number of aromatic nitrogens is 1. The highest BCUT2D eigenvalue weighted by Gasteiger charge is 2.32. The third-order valence-corrected chi connectivity index (χ3v) is 4.07. The van der Waals surface area contributed by atoms with Crippen LogP contribution in [0.5, 0.6) is 0 Å². The van der Waals surface area contributed by atoms with Crippen LogP contribution in [-0.4, -0.2) is 16.5 Å². The highest BCUT2D eigenvalue weighted by Crippen LogP contribution is 2.33. The number of hydrogen-bond donors (Lipinski definition) is 1. The molecule has 2 aromatic rings. The first kappa shape index (κ1) is 13.7. The Morgan fingerprint density at radius 3 is 2.76 bits per heavy atom. The summed E-state index contributed by atoms with van der Waals surface area (Å²) in [6.45, 7) is 6.19. The Kier molecular flexibility index (Phi) is 3.24. The van der Waals surface area contributed by atoms with Crippen molar-refractivity contribution in [3.63, 3.8) is 0 Å². The quantitative estimate of drug-likeness (QED) is 0.920. The van der Waals surface area contributed by atoms with Crippen LogP contribution in [0.2, 0.25) is 0 Å². The van der Waals surface area contributed by atoms with Gasteiger partial charge in [0.05, 0.1) is 5.69 Å². The molecule has 3 rings (SSSR count). The molecule has 1 aromatic heterocycles. The number of benzene rings is 1. The Morgan fingerprint density at radius 1 is 1.33 bits per heavy atom. The summed E-state index contributed by atoms with van der Waals surface area (Å²) in [7, 11) is 0. The number of carbonyl (C=O) groups is 1. The summed E-state index contributed by atoms with van der Waals surface area (Å²) >= 11 is 0. The molecule has 21 heavy (non-hydrogen) atoms. The van der Waals surface area contributed by atoms with Crippen LogP contribution >= 0.6 is 0 Å². The monoisotopic (exact) mass is 283 g/mol. The number of anilines is 2. The van der Waals surface area contributed by atoms with Gasteiger partial charge in [-0.2, -0.15) is 0 Å². The number of nitrogens with two attached hydrogens (primary N) is 1. The van der Waals surface area contributed by atoms with Gasteiger partial charge in [0.25, 0.3) is 5.91 Å². The van der Waals surface area contributed by atoms with E-state index in [1.54, 1.807) is 6.07 Å². The van der Waals surface area contributed by atoms with E-state index >= 15 is 0 Å². The lowest BCUT2D eigenvalue weighted by atomic mass is 10.1. The van der Waals surface area contributed by atoms with Crippen LogP contribution in [0.3, 0.4) is 0 Å². The van der Waals surface area contributed by atoms with Crippen LogP contribution in [-0.2, 0) is 6.42 Å². The van der Waals surface area contributed by atoms with E-state index in [0.29, 0.717) is 11.4 Å². The largest absolute Gasteiger partial charge is 0.397 e. The van der Waals surface area contributed by atoms with Crippen LogP contribution < -0.4 is 10.6 Å². The van der Waals surface area contributed by atoms with E-state index in [1.165, 1.54) is 5.56 Å². The van der Waals surface area contributed by atoms with Crippen molar-refractivity contribution in [2.45, 2.75) is 39.3 Å². The molecule has 0 saturated carbocycles. The van der Waals surface area contributed by atoms with Crippen molar-refractivity contribution in [1.29, 1.82) is 0 Å². The Balaban J connectivity index is 2.03. The molecule has 0 saturated heterocycles. The van der Waals surface area contributed by atoms with E-state index in [0.717, 1.165) is 12.1 Å². The van der Waals surface area contributed by atoms with Gasteiger partial charge < -0.3 is 15.2 Å². The van der Waals surface area contributed by atoms with Gasteiger partial charge in [0.2, 0.25) is 0 Å². The number of hydrogen-bond acceptors (Lipinski definition) is 2.